The maximum absolute atomic E-state index is 13.2. The van der Waals surface area contributed by atoms with Crippen molar-refractivity contribution < 1.29 is 4.79 Å². The van der Waals surface area contributed by atoms with E-state index in [1.165, 1.54) is 5.56 Å². The Labute approximate surface area is 161 Å². The van der Waals surface area contributed by atoms with E-state index in [-0.39, 0.29) is 23.7 Å². The van der Waals surface area contributed by atoms with Gasteiger partial charge in [0.05, 0.1) is 0 Å². The minimum atomic E-state index is -0.235. The first kappa shape index (κ1) is 17.9. The molecule has 1 fully saturated rings. The molecule has 1 unspecified atom stereocenters. The Morgan fingerprint density at radius 1 is 1.22 bits per heavy atom. The third-order valence-electron chi connectivity index (χ3n) is 5.30. The predicted octanol–water partition coefficient (Wildman–Crippen LogP) is 2.89. The molecule has 0 saturated carbocycles. The molecule has 0 bridgehead atoms. The highest BCUT2D eigenvalue weighted by Gasteiger charge is 2.47. The van der Waals surface area contributed by atoms with E-state index < -0.39 is 0 Å². The summed E-state index contributed by atoms with van der Waals surface area (Å²) in [6, 6.07) is 10.7. The third-order valence-corrected chi connectivity index (χ3v) is 5.30. The zero-order chi connectivity index (χ0) is 19.2. The van der Waals surface area contributed by atoms with Gasteiger partial charge < -0.3 is 10.6 Å². The van der Waals surface area contributed by atoms with Crippen LogP contribution in [-0.4, -0.2) is 47.0 Å². The van der Waals surface area contributed by atoms with E-state index in [9.17, 15) is 4.79 Å². The number of amidine groups is 1. The number of hydrogen-bond acceptors (Lipinski definition) is 4. The SMILES string of the molecule is CCCN1C(=O)N2C[C@@H](Cc3ccccc3)NC2=C2NC(C(C)(C)C)=NC21. The quantitative estimate of drug-likeness (QED) is 0.860. The van der Waals surface area contributed by atoms with Crippen LogP contribution in [0.4, 0.5) is 4.79 Å². The molecule has 3 aliphatic rings. The van der Waals surface area contributed by atoms with Gasteiger partial charge in [-0.25, -0.2) is 9.79 Å². The third kappa shape index (κ3) is 3.17. The number of rotatable bonds is 4. The second kappa shape index (κ2) is 6.59. The standard InChI is InChI=1S/C21H29N5O/c1-5-11-25-18-16(23-19(24-18)21(2,3)4)17-22-15(13-26(17)20(25)27)12-14-9-7-6-8-10-14/h6-10,15,18,22H,5,11-13H2,1-4H3,(H,23,24)/t15-,18?/m1/s1. The molecule has 3 heterocycles. The number of benzene rings is 1. The first-order valence-corrected chi connectivity index (χ1v) is 9.86. The maximum atomic E-state index is 13.2. The molecular weight excluding hydrogens is 338 g/mol. The minimum absolute atomic E-state index is 0.0596. The van der Waals surface area contributed by atoms with Crippen LogP contribution in [0.5, 0.6) is 0 Å². The van der Waals surface area contributed by atoms with Crippen molar-refractivity contribution in [1.29, 1.82) is 0 Å². The maximum Gasteiger partial charge on any atom is 0.327 e. The monoisotopic (exact) mass is 367 g/mol. The molecule has 3 aliphatic heterocycles. The Balaban J connectivity index is 1.64. The summed E-state index contributed by atoms with van der Waals surface area (Å²) in [6.07, 6.45) is 1.58. The Morgan fingerprint density at radius 2 is 1.96 bits per heavy atom. The van der Waals surface area contributed by atoms with Crippen molar-refractivity contribution in [2.45, 2.75) is 52.7 Å². The van der Waals surface area contributed by atoms with E-state index in [2.05, 4.69) is 62.6 Å². The molecule has 2 amide bonds. The first-order valence-electron chi connectivity index (χ1n) is 9.86. The molecule has 6 heteroatoms. The molecule has 1 aromatic rings. The van der Waals surface area contributed by atoms with Crippen molar-refractivity contribution in [3.05, 3.63) is 47.4 Å². The Hall–Kier alpha value is -2.50. The van der Waals surface area contributed by atoms with Crippen LogP contribution in [0.15, 0.2) is 46.8 Å². The average Bonchev–Trinajstić information content (AvgIpc) is 3.23. The summed E-state index contributed by atoms with van der Waals surface area (Å²) in [5.74, 6) is 1.85. The number of urea groups is 1. The van der Waals surface area contributed by atoms with Gasteiger partial charge >= 0.3 is 6.03 Å². The minimum Gasteiger partial charge on any atom is -0.365 e. The molecule has 6 nitrogen and oxygen atoms in total. The first-order chi connectivity index (χ1) is 12.9. The molecule has 1 aromatic carbocycles. The van der Waals surface area contributed by atoms with Gasteiger partial charge in [0.25, 0.3) is 0 Å². The molecule has 0 aliphatic carbocycles. The van der Waals surface area contributed by atoms with Gasteiger partial charge in [0, 0.05) is 24.5 Å². The zero-order valence-electron chi connectivity index (χ0n) is 16.6. The highest BCUT2D eigenvalue weighted by molar-refractivity contribution is 5.93. The van der Waals surface area contributed by atoms with Crippen LogP contribution in [0.3, 0.4) is 0 Å². The van der Waals surface area contributed by atoms with Crippen molar-refractivity contribution >= 4 is 11.9 Å². The van der Waals surface area contributed by atoms with Crippen molar-refractivity contribution in [2.24, 2.45) is 10.4 Å². The molecule has 1 saturated heterocycles. The van der Waals surface area contributed by atoms with Crippen LogP contribution < -0.4 is 10.6 Å². The number of nitrogens with zero attached hydrogens (tertiary/aromatic N) is 3. The summed E-state index contributed by atoms with van der Waals surface area (Å²) in [6.45, 7) is 9.93. The highest BCUT2D eigenvalue weighted by Crippen LogP contribution is 2.34. The van der Waals surface area contributed by atoms with Crippen LogP contribution in [0, 0.1) is 5.41 Å². The Bertz CT molecular complexity index is 793. The zero-order valence-corrected chi connectivity index (χ0v) is 16.6. The lowest BCUT2D eigenvalue weighted by molar-refractivity contribution is 0.146. The van der Waals surface area contributed by atoms with Crippen LogP contribution in [0.1, 0.15) is 39.7 Å². The fourth-order valence-corrected chi connectivity index (χ4v) is 3.96. The van der Waals surface area contributed by atoms with Crippen LogP contribution in [-0.2, 0) is 6.42 Å². The summed E-state index contributed by atoms with van der Waals surface area (Å²) in [7, 11) is 0. The van der Waals surface area contributed by atoms with Gasteiger partial charge in [0.2, 0.25) is 0 Å². The van der Waals surface area contributed by atoms with E-state index in [0.29, 0.717) is 13.1 Å². The van der Waals surface area contributed by atoms with Crippen molar-refractivity contribution in [2.75, 3.05) is 13.1 Å². The normalized spacial score (nSPS) is 24.4. The second-order valence-electron chi connectivity index (χ2n) is 8.61. The van der Waals surface area contributed by atoms with E-state index in [1.807, 2.05) is 15.9 Å². The van der Waals surface area contributed by atoms with Crippen LogP contribution in [0.2, 0.25) is 0 Å². The van der Waals surface area contributed by atoms with Gasteiger partial charge in [0.1, 0.15) is 17.4 Å². The fraction of sp³-hybridized carbons (Fsp3) is 0.524. The van der Waals surface area contributed by atoms with E-state index in [1.54, 1.807) is 0 Å². The summed E-state index contributed by atoms with van der Waals surface area (Å²) in [5, 5.41) is 7.13. The summed E-state index contributed by atoms with van der Waals surface area (Å²) in [4.78, 5) is 21.9. The molecule has 2 atom stereocenters. The molecule has 27 heavy (non-hydrogen) atoms. The largest absolute Gasteiger partial charge is 0.365 e. The molecule has 4 rings (SSSR count). The van der Waals surface area contributed by atoms with Crippen molar-refractivity contribution in [1.82, 2.24) is 20.4 Å². The fourth-order valence-electron chi connectivity index (χ4n) is 3.96. The Kier molecular flexibility index (Phi) is 4.36. The predicted molar refractivity (Wildman–Crippen MR) is 107 cm³/mol. The van der Waals surface area contributed by atoms with E-state index >= 15 is 0 Å². The smallest absolute Gasteiger partial charge is 0.327 e. The number of amides is 2. The molecule has 0 radical (unpaired) electrons. The Morgan fingerprint density at radius 3 is 2.63 bits per heavy atom. The number of fused-ring (bicyclic) bond motifs is 2. The summed E-state index contributed by atoms with van der Waals surface area (Å²) < 4.78 is 0. The van der Waals surface area contributed by atoms with Gasteiger partial charge in [-0.2, -0.15) is 0 Å². The molecule has 0 spiro atoms. The second-order valence-corrected chi connectivity index (χ2v) is 8.61. The number of aliphatic imine (C=N–C) groups is 1. The molecule has 0 aromatic heterocycles. The topological polar surface area (TPSA) is 60.0 Å². The van der Waals surface area contributed by atoms with E-state index in [4.69, 9.17) is 4.99 Å². The van der Waals surface area contributed by atoms with Gasteiger partial charge in [0.15, 0.2) is 6.17 Å². The summed E-state index contributed by atoms with van der Waals surface area (Å²) >= 11 is 0. The average molecular weight is 367 g/mol. The van der Waals surface area contributed by atoms with Crippen LogP contribution in [0.25, 0.3) is 0 Å². The lowest BCUT2D eigenvalue weighted by Crippen LogP contribution is -2.53. The summed E-state index contributed by atoms with van der Waals surface area (Å²) in [5.41, 5.74) is 2.21. The molecule has 144 valence electrons. The number of carbonyl (C=O) groups is 1. The van der Waals surface area contributed by atoms with Gasteiger partial charge in [-0.15, -0.1) is 0 Å². The van der Waals surface area contributed by atoms with E-state index in [0.717, 1.165) is 30.2 Å². The highest BCUT2D eigenvalue weighted by atomic mass is 16.2. The molecular formula is C21H29N5O. The van der Waals surface area contributed by atoms with Crippen molar-refractivity contribution in [3.8, 4) is 0 Å². The lowest BCUT2D eigenvalue weighted by Gasteiger charge is -2.36. The lowest BCUT2D eigenvalue weighted by atomic mass is 9.95. The van der Waals surface area contributed by atoms with Gasteiger partial charge in [-0.05, 0) is 18.4 Å². The van der Waals surface area contributed by atoms with Gasteiger partial charge in [-0.1, -0.05) is 58.0 Å². The van der Waals surface area contributed by atoms with Gasteiger partial charge in [-0.3, -0.25) is 9.80 Å². The van der Waals surface area contributed by atoms with Crippen LogP contribution >= 0.6 is 0 Å². The number of hydrogen-bond donors (Lipinski definition) is 2. The molecule has 2 N–H and O–H groups in total. The number of nitrogens with one attached hydrogen (secondary N) is 2. The van der Waals surface area contributed by atoms with Crippen molar-refractivity contribution in [3.63, 3.8) is 0 Å². The number of carbonyl (C=O) groups excluding carboxylic acids is 1.